The SMILES string of the molecule is C[C@@H](N)C(=O)O.C[C@@H](NF)C(=O)O. The topological polar surface area (TPSA) is 113 Å². The molecule has 0 radical (unpaired) electrons. The summed E-state index contributed by atoms with van der Waals surface area (Å²) in [6.45, 7) is 2.63. The van der Waals surface area contributed by atoms with Crippen molar-refractivity contribution in [1.82, 2.24) is 5.54 Å². The van der Waals surface area contributed by atoms with Crippen LogP contribution in [0, 0.1) is 0 Å². The highest BCUT2D eigenvalue weighted by Gasteiger charge is 2.07. The van der Waals surface area contributed by atoms with Crippen LogP contribution in [0.25, 0.3) is 0 Å². The van der Waals surface area contributed by atoms with E-state index in [1.165, 1.54) is 13.8 Å². The molecule has 5 N–H and O–H groups in total. The number of carbonyl (C=O) groups is 2. The van der Waals surface area contributed by atoms with E-state index in [-0.39, 0.29) is 0 Å². The predicted octanol–water partition coefficient (Wildman–Crippen LogP) is -0.648. The first-order valence-corrected chi connectivity index (χ1v) is 3.40. The second kappa shape index (κ2) is 7.44. The Hall–Kier alpha value is -1.21. The van der Waals surface area contributed by atoms with Crippen molar-refractivity contribution in [3.05, 3.63) is 0 Å². The molecular weight excluding hydrogens is 183 g/mol. The van der Waals surface area contributed by atoms with Crippen LogP contribution in [-0.2, 0) is 9.59 Å². The monoisotopic (exact) mass is 196 g/mol. The van der Waals surface area contributed by atoms with Gasteiger partial charge in [-0.25, -0.2) is 0 Å². The fourth-order valence-corrected chi connectivity index (χ4v) is 0.0467. The third kappa shape index (κ3) is 10.8. The first kappa shape index (κ1) is 14.3. The molecule has 6 nitrogen and oxygen atoms in total. The Kier molecular flexibility index (Phi) is 8.20. The van der Waals surface area contributed by atoms with Crippen LogP contribution < -0.4 is 11.3 Å². The summed E-state index contributed by atoms with van der Waals surface area (Å²) in [4.78, 5) is 19.2. The summed E-state index contributed by atoms with van der Waals surface area (Å²) in [5.41, 5.74) is 5.90. The Morgan fingerprint density at radius 1 is 1.31 bits per heavy atom. The van der Waals surface area contributed by atoms with Crippen LogP contribution in [-0.4, -0.2) is 34.2 Å². The quantitative estimate of drug-likeness (QED) is 0.446. The van der Waals surface area contributed by atoms with E-state index in [1.54, 1.807) is 0 Å². The van der Waals surface area contributed by atoms with Crippen LogP contribution in [0.2, 0.25) is 0 Å². The number of rotatable bonds is 3. The molecule has 0 aliphatic heterocycles. The van der Waals surface area contributed by atoms with Gasteiger partial charge in [-0.05, 0) is 13.8 Å². The zero-order chi connectivity index (χ0) is 11.0. The minimum Gasteiger partial charge on any atom is -0.480 e. The highest BCUT2D eigenvalue weighted by atomic mass is 19.2. The second-order valence-electron chi connectivity index (χ2n) is 2.30. The van der Waals surface area contributed by atoms with Crippen molar-refractivity contribution in [3.63, 3.8) is 0 Å². The number of aliphatic carboxylic acids is 2. The third-order valence-electron chi connectivity index (χ3n) is 0.924. The maximum Gasteiger partial charge on any atom is 0.323 e. The fourth-order valence-electron chi connectivity index (χ4n) is 0.0467. The van der Waals surface area contributed by atoms with Gasteiger partial charge < -0.3 is 15.9 Å². The molecule has 0 spiro atoms. The first-order chi connectivity index (χ1) is 5.82. The number of nitrogens with two attached hydrogens (primary N) is 1. The van der Waals surface area contributed by atoms with Gasteiger partial charge in [0.2, 0.25) is 0 Å². The number of carboxylic acids is 2. The van der Waals surface area contributed by atoms with Crippen LogP contribution in [0.15, 0.2) is 0 Å². The molecule has 78 valence electrons. The van der Waals surface area contributed by atoms with E-state index >= 15 is 0 Å². The van der Waals surface area contributed by atoms with Gasteiger partial charge >= 0.3 is 11.9 Å². The summed E-state index contributed by atoms with van der Waals surface area (Å²) in [7, 11) is 0. The zero-order valence-corrected chi connectivity index (χ0v) is 7.32. The lowest BCUT2D eigenvalue weighted by molar-refractivity contribution is -0.140. The Morgan fingerprint density at radius 3 is 1.62 bits per heavy atom. The molecule has 0 aromatic carbocycles. The van der Waals surface area contributed by atoms with Crippen molar-refractivity contribution in [3.8, 4) is 0 Å². The molecule has 0 aromatic heterocycles. The molecule has 0 aliphatic carbocycles. The summed E-state index contributed by atoms with van der Waals surface area (Å²) < 4.78 is 11.0. The number of hydrogen-bond acceptors (Lipinski definition) is 4. The molecule has 2 atom stereocenters. The Bertz CT molecular complexity index is 174. The average Bonchev–Trinajstić information content (AvgIpc) is 2.03. The highest BCUT2D eigenvalue weighted by Crippen LogP contribution is 1.77. The van der Waals surface area contributed by atoms with Gasteiger partial charge in [0.1, 0.15) is 12.1 Å². The molecule has 0 fully saturated rings. The molecule has 0 saturated heterocycles. The molecule has 0 amide bonds. The molecule has 13 heavy (non-hydrogen) atoms. The maximum atomic E-state index is 11.0. The van der Waals surface area contributed by atoms with Crippen LogP contribution in [0.3, 0.4) is 0 Å². The van der Waals surface area contributed by atoms with Crippen LogP contribution in [0.5, 0.6) is 0 Å². The predicted molar refractivity (Wildman–Crippen MR) is 42.6 cm³/mol. The standard InChI is InChI=1S/C3H6FNO2.C3H7NO2/c1-2(5-4)3(6)7;1-2(4)3(5)6/h2,5H,1H3,(H,6,7);2H,4H2,1H3,(H,5,6)/t2*2-/m11/s1. The summed E-state index contributed by atoms with van der Waals surface area (Å²) in [5, 5.41) is 15.7. The minimum atomic E-state index is -1.19. The van der Waals surface area contributed by atoms with Crippen molar-refractivity contribution in [2.24, 2.45) is 5.73 Å². The Balaban J connectivity index is 0. The van der Waals surface area contributed by atoms with Gasteiger partial charge in [0, 0.05) is 0 Å². The molecular formula is C6H13FN2O4. The van der Waals surface area contributed by atoms with E-state index < -0.39 is 24.0 Å². The normalized spacial score (nSPS) is 13.5. The van der Waals surface area contributed by atoms with Gasteiger partial charge in [-0.15, -0.1) is 10.0 Å². The van der Waals surface area contributed by atoms with Gasteiger partial charge in [0.25, 0.3) is 0 Å². The van der Waals surface area contributed by atoms with Crippen LogP contribution >= 0.6 is 0 Å². The number of hydrogen-bond donors (Lipinski definition) is 4. The van der Waals surface area contributed by atoms with Crippen molar-refractivity contribution >= 4 is 11.9 Å². The third-order valence-corrected chi connectivity index (χ3v) is 0.924. The second-order valence-corrected chi connectivity index (χ2v) is 2.30. The molecule has 0 aliphatic rings. The first-order valence-electron chi connectivity index (χ1n) is 3.40. The van der Waals surface area contributed by atoms with Crippen molar-refractivity contribution in [2.75, 3.05) is 0 Å². The molecule has 0 unspecified atom stereocenters. The number of halogens is 1. The van der Waals surface area contributed by atoms with Crippen LogP contribution in [0.4, 0.5) is 4.48 Å². The largest absolute Gasteiger partial charge is 0.480 e. The van der Waals surface area contributed by atoms with E-state index in [9.17, 15) is 14.1 Å². The lowest BCUT2D eigenvalue weighted by atomic mass is 10.4. The molecule has 0 bridgehead atoms. The molecule has 0 aromatic rings. The number of carboxylic acid groups (broad SMARTS) is 2. The molecule has 0 rings (SSSR count). The van der Waals surface area contributed by atoms with Gasteiger partial charge in [-0.2, -0.15) is 0 Å². The zero-order valence-electron chi connectivity index (χ0n) is 7.32. The Morgan fingerprint density at radius 2 is 1.62 bits per heavy atom. The van der Waals surface area contributed by atoms with Gasteiger partial charge in [-0.1, -0.05) is 0 Å². The van der Waals surface area contributed by atoms with Crippen LogP contribution in [0.1, 0.15) is 13.8 Å². The molecule has 0 heterocycles. The highest BCUT2D eigenvalue weighted by molar-refractivity contribution is 5.72. The summed E-state index contributed by atoms with van der Waals surface area (Å²) >= 11 is 0. The smallest absolute Gasteiger partial charge is 0.323 e. The lowest BCUT2D eigenvalue weighted by Gasteiger charge is -1.95. The van der Waals surface area contributed by atoms with E-state index in [2.05, 4.69) is 0 Å². The van der Waals surface area contributed by atoms with E-state index in [1.807, 2.05) is 0 Å². The minimum absolute atomic E-state index is 0.731. The van der Waals surface area contributed by atoms with E-state index in [0.717, 1.165) is 5.54 Å². The molecule has 7 heteroatoms. The van der Waals surface area contributed by atoms with E-state index in [4.69, 9.17) is 15.9 Å². The number of nitrogens with one attached hydrogen (secondary N) is 1. The summed E-state index contributed by atoms with van der Waals surface area (Å²) in [6.07, 6.45) is 0. The van der Waals surface area contributed by atoms with Crippen molar-refractivity contribution in [1.29, 1.82) is 0 Å². The summed E-state index contributed by atoms with van der Waals surface area (Å²) in [5.74, 6) is -2.16. The van der Waals surface area contributed by atoms with Crippen molar-refractivity contribution in [2.45, 2.75) is 25.9 Å². The summed E-state index contributed by atoms with van der Waals surface area (Å²) in [6, 6.07) is -1.83. The van der Waals surface area contributed by atoms with Gasteiger partial charge in [0.15, 0.2) is 0 Å². The average molecular weight is 196 g/mol. The van der Waals surface area contributed by atoms with Crippen molar-refractivity contribution < 1.29 is 24.3 Å². The van der Waals surface area contributed by atoms with Gasteiger partial charge in [-0.3, -0.25) is 9.59 Å². The van der Waals surface area contributed by atoms with E-state index in [0.29, 0.717) is 0 Å². The maximum absolute atomic E-state index is 11.0. The lowest BCUT2D eigenvalue weighted by Crippen LogP contribution is -2.27. The molecule has 0 saturated carbocycles. The fraction of sp³-hybridized carbons (Fsp3) is 0.667. The Labute approximate surface area is 74.5 Å². The van der Waals surface area contributed by atoms with Gasteiger partial charge in [0.05, 0.1) is 0 Å².